The minimum absolute atomic E-state index is 0.0945. The lowest BCUT2D eigenvalue weighted by atomic mass is 10.1. The van der Waals surface area contributed by atoms with Crippen LogP contribution >= 0.6 is 0 Å². The maximum atomic E-state index is 13.3. The molecule has 0 bridgehead atoms. The van der Waals surface area contributed by atoms with Gasteiger partial charge in [-0.3, -0.25) is 9.69 Å². The first-order valence-corrected chi connectivity index (χ1v) is 13.4. The van der Waals surface area contributed by atoms with Gasteiger partial charge in [0.1, 0.15) is 12.3 Å². The van der Waals surface area contributed by atoms with E-state index in [1.54, 1.807) is 25.2 Å². The zero-order chi connectivity index (χ0) is 28.1. The van der Waals surface area contributed by atoms with Gasteiger partial charge in [0.05, 0.1) is 32.0 Å². The molecule has 0 saturated heterocycles. The number of aromatic nitrogens is 5. The van der Waals surface area contributed by atoms with E-state index < -0.39 is 0 Å². The molecule has 0 spiro atoms. The SMILES string of the molecule is CCC(c1nnnn1Cc1ccco1)N(CCc1ccc(OC)c(OC)c1)Cc1cc2cccc(C)c2[nH]c1=O. The Labute approximate surface area is 232 Å². The topological polar surface area (TPSA) is 111 Å². The number of furan rings is 1. The second kappa shape index (κ2) is 12.2. The molecule has 40 heavy (non-hydrogen) atoms. The fourth-order valence-corrected chi connectivity index (χ4v) is 5.14. The second-order valence-corrected chi connectivity index (χ2v) is 9.77. The molecule has 0 aliphatic rings. The lowest BCUT2D eigenvalue weighted by Gasteiger charge is -2.30. The van der Waals surface area contributed by atoms with Crippen LogP contribution < -0.4 is 15.0 Å². The summed E-state index contributed by atoms with van der Waals surface area (Å²) in [5.41, 5.74) is 3.59. The average molecular weight is 543 g/mol. The molecule has 2 aromatic carbocycles. The molecule has 1 N–H and O–H groups in total. The minimum atomic E-state index is -0.141. The molecule has 0 aliphatic heterocycles. The zero-order valence-electron chi connectivity index (χ0n) is 23.3. The summed E-state index contributed by atoms with van der Waals surface area (Å²) >= 11 is 0. The Morgan fingerprint density at radius 2 is 1.93 bits per heavy atom. The van der Waals surface area contributed by atoms with E-state index in [9.17, 15) is 4.79 Å². The number of H-pyrrole nitrogens is 1. The van der Waals surface area contributed by atoms with Gasteiger partial charge in [0.2, 0.25) is 0 Å². The van der Waals surface area contributed by atoms with Crippen molar-refractivity contribution in [2.24, 2.45) is 0 Å². The summed E-state index contributed by atoms with van der Waals surface area (Å²) in [5, 5.41) is 13.7. The fourth-order valence-electron chi connectivity index (χ4n) is 5.14. The summed E-state index contributed by atoms with van der Waals surface area (Å²) in [7, 11) is 3.26. The van der Waals surface area contributed by atoms with Crippen molar-refractivity contribution in [3.63, 3.8) is 0 Å². The molecule has 0 amide bonds. The van der Waals surface area contributed by atoms with Crippen molar-refractivity contribution in [2.45, 2.75) is 45.8 Å². The van der Waals surface area contributed by atoms with Gasteiger partial charge in [-0.1, -0.05) is 31.2 Å². The molecular formula is C30H34N6O4. The number of fused-ring (bicyclic) bond motifs is 1. The second-order valence-electron chi connectivity index (χ2n) is 9.77. The molecule has 0 radical (unpaired) electrons. The molecule has 0 fully saturated rings. The van der Waals surface area contributed by atoms with E-state index in [0.29, 0.717) is 36.7 Å². The maximum Gasteiger partial charge on any atom is 0.252 e. The average Bonchev–Trinajstić information content (AvgIpc) is 3.65. The van der Waals surface area contributed by atoms with E-state index in [4.69, 9.17) is 13.9 Å². The summed E-state index contributed by atoms with van der Waals surface area (Å²) in [4.78, 5) is 18.6. The van der Waals surface area contributed by atoms with Crippen molar-refractivity contribution in [2.75, 3.05) is 20.8 Å². The number of tetrazole rings is 1. The number of hydrogen-bond donors (Lipinski definition) is 1. The normalized spacial score (nSPS) is 12.2. The third-order valence-corrected chi connectivity index (χ3v) is 7.24. The summed E-state index contributed by atoms with van der Waals surface area (Å²) in [6, 6.07) is 17.6. The highest BCUT2D eigenvalue weighted by atomic mass is 16.5. The van der Waals surface area contributed by atoms with Crippen LogP contribution in [0.15, 0.2) is 70.1 Å². The molecule has 0 saturated carbocycles. The van der Waals surface area contributed by atoms with Crippen LogP contribution in [0.4, 0.5) is 0 Å². The monoisotopic (exact) mass is 542 g/mol. The number of aromatic amines is 1. The number of hydrogen-bond acceptors (Lipinski definition) is 8. The molecule has 5 rings (SSSR count). The third kappa shape index (κ3) is 5.76. The number of nitrogens with one attached hydrogen (secondary N) is 1. The van der Waals surface area contributed by atoms with Crippen molar-refractivity contribution < 1.29 is 13.9 Å². The number of pyridine rings is 1. The molecular weight excluding hydrogens is 508 g/mol. The number of ether oxygens (including phenoxy) is 2. The van der Waals surface area contributed by atoms with Crippen molar-refractivity contribution in [3.05, 3.63) is 99.5 Å². The zero-order valence-corrected chi connectivity index (χ0v) is 23.3. The van der Waals surface area contributed by atoms with E-state index in [2.05, 4.69) is 32.3 Å². The van der Waals surface area contributed by atoms with E-state index in [1.165, 1.54) is 0 Å². The summed E-state index contributed by atoms with van der Waals surface area (Å²) in [6.45, 7) is 5.62. The van der Waals surface area contributed by atoms with Gasteiger partial charge in [0.25, 0.3) is 5.56 Å². The van der Waals surface area contributed by atoms with E-state index in [1.807, 2.05) is 61.5 Å². The summed E-state index contributed by atoms with van der Waals surface area (Å²) < 4.78 is 18.2. The van der Waals surface area contributed by atoms with E-state index in [0.717, 1.165) is 46.5 Å². The third-order valence-electron chi connectivity index (χ3n) is 7.24. The van der Waals surface area contributed by atoms with Gasteiger partial charge < -0.3 is 18.9 Å². The lowest BCUT2D eigenvalue weighted by molar-refractivity contribution is 0.171. The van der Waals surface area contributed by atoms with Crippen LogP contribution in [0.5, 0.6) is 11.5 Å². The maximum absolute atomic E-state index is 13.3. The smallest absolute Gasteiger partial charge is 0.252 e. The predicted molar refractivity (Wildman–Crippen MR) is 152 cm³/mol. The van der Waals surface area contributed by atoms with E-state index >= 15 is 0 Å². The fraction of sp³-hybridized carbons (Fsp3) is 0.333. The Kier molecular flexibility index (Phi) is 8.26. The van der Waals surface area contributed by atoms with Crippen LogP contribution in [0, 0.1) is 6.92 Å². The largest absolute Gasteiger partial charge is 0.493 e. The Bertz CT molecular complexity index is 1630. The van der Waals surface area contributed by atoms with Gasteiger partial charge in [-0.25, -0.2) is 4.68 Å². The standard InChI is InChI=1S/C30H34N6O4/c1-5-25(29-32-33-34-36(29)19-24-10-7-15-40-24)35(14-13-21-11-12-26(38-3)27(16-21)39-4)18-23-17-22-9-6-8-20(2)28(22)31-30(23)37/h6-12,15-17,25H,5,13-14,18-19H2,1-4H3,(H,31,37). The quantitative estimate of drug-likeness (QED) is 0.242. The Morgan fingerprint density at radius 3 is 2.67 bits per heavy atom. The van der Waals surface area contributed by atoms with Gasteiger partial charge in [0, 0.05) is 18.7 Å². The van der Waals surface area contributed by atoms with Crippen LogP contribution in [-0.4, -0.2) is 50.9 Å². The number of rotatable bonds is 12. The molecule has 5 aromatic rings. The molecule has 3 heterocycles. The van der Waals surface area contributed by atoms with Crippen molar-refractivity contribution >= 4 is 10.9 Å². The molecule has 10 heteroatoms. The van der Waals surface area contributed by atoms with Gasteiger partial charge in [-0.15, -0.1) is 5.10 Å². The number of methoxy groups -OCH3 is 2. The van der Waals surface area contributed by atoms with Crippen molar-refractivity contribution in [1.29, 1.82) is 0 Å². The highest BCUT2D eigenvalue weighted by Gasteiger charge is 2.26. The minimum Gasteiger partial charge on any atom is -0.493 e. The highest BCUT2D eigenvalue weighted by Crippen LogP contribution is 2.29. The molecule has 0 aliphatic carbocycles. The first kappa shape index (κ1) is 27.1. The van der Waals surface area contributed by atoms with Crippen LogP contribution in [0.3, 0.4) is 0 Å². The molecule has 1 unspecified atom stereocenters. The van der Waals surface area contributed by atoms with Gasteiger partial charge in [-0.2, -0.15) is 0 Å². The van der Waals surface area contributed by atoms with Crippen LogP contribution in [0.25, 0.3) is 10.9 Å². The van der Waals surface area contributed by atoms with E-state index in [-0.39, 0.29) is 11.6 Å². The van der Waals surface area contributed by atoms with Crippen LogP contribution in [-0.2, 0) is 19.5 Å². The van der Waals surface area contributed by atoms with Gasteiger partial charge in [0.15, 0.2) is 17.3 Å². The first-order valence-electron chi connectivity index (χ1n) is 13.4. The molecule has 1 atom stereocenters. The van der Waals surface area contributed by atoms with Crippen molar-refractivity contribution in [1.82, 2.24) is 30.1 Å². The number of aryl methyl sites for hydroxylation is 1. The van der Waals surface area contributed by atoms with Crippen molar-refractivity contribution in [3.8, 4) is 11.5 Å². The summed E-state index contributed by atoms with van der Waals surface area (Å²) in [6.07, 6.45) is 3.11. The Morgan fingerprint density at radius 1 is 1.07 bits per heavy atom. The number of benzene rings is 2. The predicted octanol–water partition coefficient (Wildman–Crippen LogP) is 4.68. The first-order chi connectivity index (χ1) is 19.5. The molecule has 10 nitrogen and oxygen atoms in total. The van der Waals surface area contributed by atoms with Gasteiger partial charge >= 0.3 is 0 Å². The number of nitrogens with zero attached hydrogens (tertiary/aromatic N) is 5. The Hall–Kier alpha value is -4.44. The lowest BCUT2D eigenvalue weighted by Crippen LogP contribution is -2.34. The molecule has 208 valence electrons. The summed E-state index contributed by atoms with van der Waals surface area (Å²) in [5.74, 6) is 2.85. The van der Waals surface area contributed by atoms with Crippen LogP contribution in [0.2, 0.25) is 0 Å². The highest BCUT2D eigenvalue weighted by molar-refractivity contribution is 5.81. The van der Waals surface area contributed by atoms with Crippen LogP contribution in [0.1, 0.15) is 47.7 Å². The molecule has 3 aromatic heterocycles. The Balaban J connectivity index is 1.49. The van der Waals surface area contributed by atoms with Gasteiger partial charge in [-0.05, 0) is 77.0 Å². The number of para-hydroxylation sites is 1.